The van der Waals surface area contributed by atoms with Crippen LogP contribution >= 0.6 is 11.6 Å². The molecular formula is C18H20ClN3O4. The van der Waals surface area contributed by atoms with Gasteiger partial charge >= 0.3 is 12.0 Å². The molecule has 4 rings (SSSR count). The summed E-state index contributed by atoms with van der Waals surface area (Å²) in [5.74, 6) is -1.09. The van der Waals surface area contributed by atoms with Crippen molar-refractivity contribution in [2.24, 2.45) is 11.3 Å². The SMILES string of the molecule is O=C(O)C1CC12CCN(C(=O)c1ccc(Cl)c(N3CCNC3=O)c1)CC2. The van der Waals surface area contributed by atoms with E-state index in [1.54, 1.807) is 23.1 Å². The third-order valence-corrected chi connectivity index (χ3v) is 6.19. The summed E-state index contributed by atoms with van der Waals surface area (Å²) in [6.07, 6.45) is 2.18. The van der Waals surface area contributed by atoms with E-state index in [0.717, 1.165) is 19.3 Å². The monoisotopic (exact) mass is 377 g/mol. The highest BCUT2D eigenvalue weighted by Crippen LogP contribution is 2.59. The summed E-state index contributed by atoms with van der Waals surface area (Å²) in [4.78, 5) is 39.2. The lowest BCUT2D eigenvalue weighted by molar-refractivity contribution is -0.139. The van der Waals surface area contributed by atoms with Crippen molar-refractivity contribution in [3.8, 4) is 0 Å². The lowest BCUT2D eigenvalue weighted by Crippen LogP contribution is -2.40. The third-order valence-electron chi connectivity index (χ3n) is 5.87. The van der Waals surface area contributed by atoms with E-state index in [0.29, 0.717) is 42.5 Å². The van der Waals surface area contributed by atoms with Gasteiger partial charge in [0.2, 0.25) is 0 Å². The van der Waals surface area contributed by atoms with Gasteiger partial charge in [0.1, 0.15) is 0 Å². The quantitative estimate of drug-likeness (QED) is 0.844. The van der Waals surface area contributed by atoms with Gasteiger partial charge in [0.05, 0.1) is 16.6 Å². The van der Waals surface area contributed by atoms with E-state index in [4.69, 9.17) is 11.6 Å². The molecule has 1 saturated carbocycles. The first-order chi connectivity index (χ1) is 12.4. The standard InChI is InChI=1S/C18H20ClN3O4/c19-13-2-1-11(9-14(13)22-8-5-20-17(22)26)15(23)21-6-3-18(4-7-21)10-12(18)16(24)25/h1-2,9,12H,3-8,10H2,(H,20,26)(H,24,25). The highest BCUT2D eigenvalue weighted by atomic mass is 35.5. The Hall–Kier alpha value is -2.28. The predicted octanol–water partition coefficient (Wildman–Crippen LogP) is 2.20. The maximum Gasteiger partial charge on any atom is 0.322 e. The maximum atomic E-state index is 12.9. The van der Waals surface area contributed by atoms with Crippen molar-refractivity contribution in [3.63, 3.8) is 0 Å². The third kappa shape index (κ3) is 2.80. The van der Waals surface area contributed by atoms with E-state index < -0.39 is 5.97 Å². The number of hydrogen-bond acceptors (Lipinski definition) is 3. The van der Waals surface area contributed by atoms with Crippen molar-refractivity contribution in [1.29, 1.82) is 0 Å². The Balaban J connectivity index is 1.47. The Morgan fingerprint density at radius 1 is 1.23 bits per heavy atom. The van der Waals surface area contributed by atoms with Gasteiger partial charge in [0, 0.05) is 31.7 Å². The van der Waals surface area contributed by atoms with Crippen molar-refractivity contribution in [3.05, 3.63) is 28.8 Å². The lowest BCUT2D eigenvalue weighted by Gasteiger charge is -2.33. The van der Waals surface area contributed by atoms with Crippen molar-refractivity contribution in [2.75, 3.05) is 31.1 Å². The number of likely N-dealkylation sites (tertiary alicyclic amines) is 1. The van der Waals surface area contributed by atoms with Gasteiger partial charge in [-0.25, -0.2) is 4.79 Å². The Bertz CT molecular complexity index is 789. The second-order valence-corrected chi connectivity index (χ2v) is 7.71. The number of nitrogens with zero attached hydrogens (tertiary/aromatic N) is 2. The van der Waals surface area contributed by atoms with Crippen molar-refractivity contribution >= 4 is 35.2 Å². The lowest BCUT2D eigenvalue weighted by atomic mass is 9.90. The van der Waals surface area contributed by atoms with Gasteiger partial charge in [0.15, 0.2) is 0 Å². The average Bonchev–Trinajstić information content (AvgIpc) is 3.16. The minimum atomic E-state index is -0.726. The molecule has 1 atom stereocenters. The molecule has 1 aromatic rings. The van der Waals surface area contributed by atoms with Crippen LogP contribution < -0.4 is 10.2 Å². The maximum absolute atomic E-state index is 12.9. The van der Waals surface area contributed by atoms with E-state index in [1.807, 2.05) is 0 Å². The highest BCUT2D eigenvalue weighted by molar-refractivity contribution is 6.34. The van der Waals surface area contributed by atoms with Crippen LogP contribution in [0.4, 0.5) is 10.5 Å². The van der Waals surface area contributed by atoms with Gasteiger partial charge in [-0.15, -0.1) is 0 Å². The smallest absolute Gasteiger partial charge is 0.322 e. The fourth-order valence-corrected chi connectivity index (χ4v) is 4.36. The van der Waals surface area contributed by atoms with Crippen LogP contribution in [0.1, 0.15) is 29.6 Å². The number of rotatable bonds is 3. The first-order valence-electron chi connectivity index (χ1n) is 8.78. The van der Waals surface area contributed by atoms with E-state index in [1.165, 1.54) is 4.90 Å². The number of carbonyl (C=O) groups excluding carboxylic acids is 2. The largest absolute Gasteiger partial charge is 0.481 e. The van der Waals surface area contributed by atoms with Crippen LogP contribution in [-0.4, -0.2) is 54.1 Å². The number of urea groups is 1. The zero-order valence-electron chi connectivity index (χ0n) is 14.2. The predicted molar refractivity (Wildman–Crippen MR) is 95.5 cm³/mol. The molecule has 2 aliphatic heterocycles. The van der Waals surface area contributed by atoms with Crippen LogP contribution in [0.3, 0.4) is 0 Å². The van der Waals surface area contributed by atoms with Crippen molar-refractivity contribution in [1.82, 2.24) is 10.2 Å². The number of nitrogens with one attached hydrogen (secondary N) is 1. The van der Waals surface area contributed by atoms with Crippen LogP contribution in [0.5, 0.6) is 0 Å². The summed E-state index contributed by atoms with van der Waals surface area (Å²) in [7, 11) is 0. The van der Waals surface area contributed by atoms with Gasteiger partial charge in [-0.2, -0.15) is 0 Å². The van der Waals surface area contributed by atoms with E-state index in [2.05, 4.69) is 5.32 Å². The fraction of sp³-hybridized carbons (Fsp3) is 0.500. The van der Waals surface area contributed by atoms with Crippen LogP contribution in [-0.2, 0) is 4.79 Å². The summed E-state index contributed by atoms with van der Waals surface area (Å²) in [5.41, 5.74) is 0.918. The fourth-order valence-electron chi connectivity index (χ4n) is 4.14. The summed E-state index contributed by atoms with van der Waals surface area (Å²) < 4.78 is 0. The molecule has 8 heteroatoms. The van der Waals surface area contributed by atoms with Crippen molar-refractivity contribution < 1.29 is 19.5 Å². The van der Waals surface area contributed by atoms with Gasteiger partial charge in [-0.1, -0.05) is 11.6 Å². The Labute approximate surface area is 155 Å². The molecule has 138 valence electrons. The number of halogens is 1. The van der Waals surface area contributed by atoms with E-state index >= 15 is 0 Å². The molecule has 1 unspecified atom stereocenters. The Morgan fingerprint density at radius 2 is 1.96 bits per heavy atom. The molecule has 3 amide bonds. The normalized spacial score (nSPS) is 23.9. The molecular weight excluding hydrogens is 358 g/mol. The van der Waals surface area contributed by atoms with Crippen LogP contribution in [0.15, 0.2) is 18.2 Å². The number of hydrogen-bond donors (Lipinski definition) is 2. The highest BCUT2D eigenvalue weighted by Gasteiger charge is 2.59. The number of carboxylic acids is 1. The van der Waals surface area contributed by atoms with E-state index in [9.17, 15) is 19.5 Å². The molecule has 0 radical (unpaired) electrons. The number of anilines is 1. The summed E-state index contributed by atoms with van der Waals surface area (Å²) in [6, 6.07) is 4.76. The van der Waals surface area contributed by atoms with Crippen molar-refractivity contribution in [2.45, 2.75) is 19.3 Å². The van der Waals surface area contributed by atoms with Crippen LogP contribution in [0, 0.1) is 11.3 Å². The Morgan fingerprint density at radius 3 is 2.54 bits per heavy atom. The molecule has 2 heterocycles. The van der Waals surface area contributed by atoms with Crippen LogP contribution in [0.25, 0.3) is 0 Å². The summed E-state index contributed by atoms with van der Waals surface area (Å²) >= 11 is 6.22. The van der Waals surface area contributed by atoms with Gasteiger partial charge in [-0.05, 0) is 42.9 Å². The molecule has 1 aliphatic carbocycles. The number of carboxylic acid groups (broad SMARTS) is 1. The topological polar surface area (TPSA) is 89.9 Å². The first-order valence-corrected chi connectivity index (χ1v) is 9.16. The number of piperidine rings is 1. The zero-order chi connectivity index (χ0) is 18.5. The summed E-state index contributed by atoms with van der Waals surface area (Å²) in [6.45, 7) is 2.18. The minimum absolute atomic E-state index is 0.107. The molecule has 0 bridgehead atoms. The second-order valence-electron chi connectivity index (χ2n) is 7.30. The second kappa shape index (κ2) is 6.16. The van der Waals surface area contributed by atoms with Gasteiger partial charge < -0.3 is 15.3 Å². The van der Waals surface area contributed by atoms with Crippen LogP contribution in [0.2, 0.25) is 5.02 Å². The molecule has 1 aromatic carbocycles. The van der Waals surface area contributed by atoms with E-state index in [-0.39, 0.29) is 23.3 Å². The molecule has 3 fully saturated rings. The molecule has 26 heavy (non-hydrogen) atoms. The first kappa shape index (κ1) is 17.1. The molecule has 2 saturated heterocycles. The number of aliphatic carboxylic acids is 1. The molecule has 7 nitrogen and oxygen atoms in total. The van der Waals surface area contributed by atoms with Gasteiger partial charge in [0.25, 0.3) is 5.91 Å². The zero-order valence-corrected chi connectivity index (χ0v) is 15.0. The van der Waals surface area contributed by atoms with Gasteiger partial charge in [-0.3, -0.25) is 14.5 Å². The molecule has 0 aromatic heterocycles. The number of benzene rings is 1. The Kier molecular flexibility index (Phi) is 4.06. The number of amides is 3. The number of carbonyl (C=O) groups is 3. The molecule has 1 spiro atoms. The summed E-state index contributed by atoms with van der Waals surface area (Å²) in [5, 5.41) is 12.3. The molecule has 2 N–H and O–H groups in total. The minimum Gasteiger partial charge on any atom is -0.481 e. The molecule has 3 aliphatic rings. The average molecular weight is 378 g/mol.